The van der Waals surface area contributed by atoms with Gasteiger partial charge in [0.05, 0.1) is 17.3 Å². The molecule has 4 rings (SSSR count). The number of hydrogen-bond donors (Lipinski definition) is 5. The summed E-state index contributed by atoms with van der Waals surface area (Å²) in [4.78, 5) is 0. The number of aliphatic hydroxyl groups is 5. The van der Waals surface area contributed by atoms with Crippen molar-refractivity contribution in [3.8, 4) is 0 Å². The fraction of sp³-hybridized carbons (Fsp3) is 0.857. The number of fused-ring (bicyclic) bond motifs is 5. The summed E-state index contributed by atoms with van der Waals surface area (Å²) in [5, 5.41) is 57.4. The van der Waals surface area contributed by atoms with E-state index in [1.807, 2.05) is 6.92 Å². The van der Waals surface area contributed by atoms with E-state index in [-0.39, 0.29) is 12.3 Å². The molecule has 0 bridgehead atoms. The summed E-state index contributed by atoms with van der Waals surface area (Å²) >= 11 is 0. The van der Waals surface area contributed by atoms with Crippen molar-refractivity contribution in [1.29, 1.82) is 0 Å². The fourth-order valence-electron chi connectivity index (χ4n) is 8.09. The molecule has 0 heterocycles. The van der Waals surface area contributed by atoms with Crippen LogP contribution in [0.1, 0.15) is 86.5 Å². The molecule has 0 aromatic carbocycles. The first-order valence-electron chi connectivity index (χ1n) is 13.1. The van der Waals surface area contributed by atoms with E-state index in [0.717, 1.165) is 6.42 Å². The average Bonchev–Trinajstić information content (AvgIpc) is 3.02. The Morgan fingerprint density at radius 2 is 1.55 bits per heavy atom. The lowest BCUT2D eigenvalue weighted by Crippen LogP contribution is -2.75. The zero-order valence-corrected chi connectivity index (χ0v) is 21.4. The molecule has 33 heavy (non-hydrogen) atoms. The van der Waals surface area contributed by atoms with Crippen LogP contribution in [-0.4, -0.2) is 54.5 Å². The van der Waals surface area contributed by atoms with Crippen LogP contribution in [0.4, 0.5) is 0 Å². The minimum Gasteiger partial charge on any atom is -0.393 e. The number of allylic oxidation sites excluding steroid dienone is 2. The van der Waals surface area contributed by atoms with Crippen LogP contribution in [0.15, 0.2) is 23.8 Å². The molecule has 5 nitrogen and oxygen atoms in total. The van der Waals surface area contributed by atoms with Crippen molar-refractivity contribution in [3.63, 3.8) is 0 Å². The molecular weight excluding hydrogens is 416 g/mol. The van der Waals surface area contributed by atoms with Crippen LogP contribution in [0.25, 0.3) is 0 Å². The number of aliphatic hydroxyl groups excluding tert-OH is 2. The maximum Gasteiger partial charge on any atom is 0.105 e. The molecule has 0 saturated heterocycles. The Balaban J connectivity index is 1.72. The second-order valence-corrected chi connectivity index (χ2v) is 12.8. The van der Waals surface area contributed by atoms with E-state index in [9.17, 15) is 25.5 Å². The summed E-state index contributed by atoms with van der Waals surface area (Å²) < 4.78 is 0. The van der Waals surface area contributed by atoms with Crippen molar-refractivity contribution >= 4 is 0 Å². The van der Waals surface area contributed by atoms with Gasteiger partial charge in [0.1, 0.15) is 11.7 Å². The van der Waals surface area contributed by atoms with E-state index in [0.29, 0.717) is 55.4 Å². The smallest absolute Gasteiger partial charge is 0.105 e. The van der Waals surface area contributed by atoms with E-state index in [1.165, 1.54) is 0 Å². The maximum atomic E-state index is 12.3. The van der Waals surface area contributed by atoms with E-state index in [1.54, 1.807) is 6.08 Å². The first kappa shape index (κ1) is 25.4. The first-order chi connectivity index (χ1) is 15.2. The highest BCUT2D eigenvalue weighted by Crippen LogP contribution is 2.70. The summed E-state index contributed by atoms with van der Waals surface area (Å²) in [5.74, 6) is 1.63. The second kappa shape index (κ2) is 7.89. The van der Waals surface area contributed by atoms with Gasteiger partial charge in [0.15, 0.2) is 0 Å². The first-order valence-corrected chi connectivity index (χ1v) is 13.1. The van der Waals surface area contributed by atoms with Gasteiger partial charge in [0.2, 0.25) is 0 Å². The van der Waals surface area contributed by atoms with Crippen molar-refractivity contribution in [2.45, 2.75) is 115 Å². The predicted molar refractivity (Wildman–Crippen MR) is 129 cm³/mol. The Morgan fingerprint density at radius 3 is 2.18 bits per heavy atom. The fourth-order valence-corrected chi connectivity index (χ4v) is 8.09. The van der Waals surface area contributed by atoms with Crippen LogP contribution in [0.2, 0.25) is 0 Å². The molecule has 4 aliphatic rings. The normalized spacial score (nSPS) is 51.6. The van der Waals surface area contributed by atoms with Crippen molar-refractivity contribution in [1.82, 2.24) is 0 Å². The van der Waals surface area contributed by atoms with Crippen LogP contribution < -0.4 is 0 Å². The molecule has 3 fully saturated rings. The van der Waals surface area contributed by atoms with E-state index in [2.05, 4.69) is 46.8 Å². The number of rotatable bonds is 4. The third-order valence-corrected chi connectivity index (χ3v) is 11.1. The standard InChI is InChI=1S/C28H46O5/c1-17(2)18(3)7-8-19(4)21-10-12-26(31)22-15-23(30)28(33)16-20(29)9-11-25(28,6)27(22,32)14-13-24(21,26)5/h7-8,15,17-21,23,29-33H,9-14,16H2,1-6H3/b8-7+/t18?,19-,20+,21-,23-,24-,25-,26-,27-,28+/m1/s1. The molecule has 0 radical (unpaired) electrons. The molecule has 0 spiro atoms. The molecule has 0 amide bonds. The van der Waals surface area contributed by atoms with Crippen molar-refractivity contribution in [3.05, 3.63) is 23.8 Å². The van der Waals surface area contributed by atoms with Crippen LogP contribution in [0.5, 0.6) is 0 Å². The molecule has 0 aliphatic heterocycles. The number of hydrogen-bond acceptors (Lipinski definition) is 5. The molecule has 5 heteroatoms. The third kappa shape index (κ3) is 3.22. The van der Waals surface area contributed by atoms with Gasteiger partial charge in [-0.1, -0.05) is 53.7 Å². The van der Waals surface area contributed by atoms with Crippen LogP contribution in [0.3, 0.4) is 0 Å². The summed E-state index contributed by atoms with van der Waals surface area (Å²) in [6.45, 7) is 12.9. The Morgan fingerprint density at radius 1 is 0.879 bits per heavy atom. The van der Waals surface area contributed by atoms with Crippen LogP contribution in [-0.2, 0) is 0 Å². The maximum absolute atomic E-state index is 12.3. The average molecular weight is 463 g/mol. The zero-order valence-electron chi connectivity index (χ0n) is 21.4. The largest absolute Gasteiger partial charge is 0.393 e. The van der Waals surface area contributed by atoms with Gasteiger partial charge in [0.25, 0.3) is 0 Å². The predicted octanol–water partition coefficient (Wildman–Crippen LogP) is 3.73. The van der Waals surface area contributed by atoms with Crippen LogP contribution in [0, 0.1) is 34.5 Å². The summed E-state index contributed by atoms with van der Waals surface area (Å²) in [6.07, 6.45) is 7.61. The van der Waals surface area contributed by atoms with Crippen molar-refractivity contribution in [2.75, 3.05) is 0 Å². The lowest BCUT2D eigenvalue weighted by Gasteiger charge is -2.67. The summed E-state index contributed by atoms with van der Waals surface area (Å²) in [5.41, 5.74) is -5.19. The van der Waals surface area contributed by atoms with Gasteiger partial charge in [0, 0.05) is 17.3 Å². The van der Waals surface area contributed by atoms with Gasteiger partial charge < -0.3 is 25.5 Å². The van der Waals surface area contributed by atoms with Crippen LogP contribution >= 0.6 is 0 Å². The summed E-state index contributed by atoms with van der Waals surface area (Å²) in [6, 6.07) is 0. The molecule has 0 aromatic rings. The van der Waals surface area contributed by atoms with E-state index in [4.69, 9.17) is 0 Å². The van der Waals surface area contributed by atoms with Gasteiger partial charge >= 0.3 is 0 Å². The lowest BCUT2D eigenvalue weighted by atomic mass is 9.42. The Bertz CT molecular complexity index is 836. The summed E-state index contributed by atoms with van der Waals surface area (Å²) in [7, 11) is 0. The lowest BCUT2D eigenvalue weighted by molar-refractivity contribution is -0.269. The third-order valence-electron chi connectivity index (χ3n) is 11.1. The highest BCUT2D eigenvalue weighted by molar-refractivity contribution is 5.45. The van der Waals surface area contributed by atoms with Gasteiger partial charge in [-0.25, -0.2) is 0 Å². The van der Waals surface area contributed by atoms with E-state index < -0.39 is 39.8 Å². The molecule has 5 N–H and O–H groups in total. The minimum absolute atomic E-state index is 0.0327. The monoisotopic (exact) mass is 462 g/mol. The quantitative estimate of drug-likeness (QED) is 0.410. The van der Waals surface area contributed by atoms with Gasteiger partial charge in [-0.3, -0.25) is 0 Å². The molecule has 1 unspecified atom stereocenters. The van der Waals surface area contributed by atoms with E-state index >= 15 is 0 Å². The molecule has 3 saturated carbocycles. The molecule has 10 atom stereocenters. The molecular formula is C28H46O5. The van der Waals surface area contributed by atoms with Crippen molar-refractivity contribution in [2.24, 2.45) is 34.5 Å². The Hall–Kier alpha value is -0.720. The Kier molecular flexibility index (Phi) is 6.07. The highest BCUT2D eigenvalue weighted by Gasteiger charge is 2.74. The highest BCUT2D eigenvalue weighted by atomic mass is 16.4. The van der Waals surface area contributed by atoms with Gasteiger partial charge in [-0.2, -0.15) is 0 Å². The topological polar surface area (TPSA) is 101 Å². The zero-order chi connectivity index (χ0) is 24.6. The second-order valence-electron chi connectivity index (χ2n) is 12.8. The molecule has 188 valence electrons. The SMILES string of the molecule is CC(C)C(C)/C=C/[C@@H](C)[C@H]1CC[C@@]2(O)C3=C[C@@H](O)[C@@]4(O)C[C@@H](O)CC[C@]4(C)[C@@]3(O)CC[C@]12C. The van der Waals surface area contributed by atoms with Gasteiger partial charge in [-0.15, -0.1) is 0 Å². The van der Waals surface area contributed by atoms with Crippen molar-refractivity contribution < 1.29 is 25.5 Å². The van der Waals surface area contributed by atoms with Gasteiger partial charge in [-0.05, 0) is 73.8 Å². The molecule has 0 aromatic heterocycles. The minimum atomic E-state index is -1.62. The Labute approximate surface area is 199 Å². The molecule has 4 aliphatic carbocycles.